The number of nitrogens with zero attached hydrogens (tertiary/aromatic N) is 3. The molecular weight excluding hydrogens is 428 g/mol. The van der Waals surface area contributed by atoms with Gasteiger partial charge in [0, 0.05) is 23.5 Å². The summed E-state index contributed by atoms with van der Waals surface area (Å²) in [6.07, 6.45) is 1.77. The van der Waals surface area contributed by atoms with E-state index in [2.05, 4.69) is 9.88 Å². The first-order valence-electron chi connectivity index (χ1n) is 10.2. The number of anilines is 1. The smallest absolute Gasteiger partial charge is 0.248 e. The van der Waals surface area contributed by atoms with Crippen LogP contribution in [0.3, 0.4) is 0 Å². The van der Waals surface area contributed by atoms with Gasteiger partial charge in [-0.25, -0.2) is 4.98 Å². The minimum Gasteiger partial charge on any atom is -0.497 e. The molecule has 166 valence electrons. The third-order valence-corrected chi connectivity index (χ3v) is 5.89. The molecule has 0 radical (unpaired) electrons. The number of carbonyl (C=O) groups is 1. The molecule has 1 amide bonds. The van der Waals surface area contributed by atoms with Gasteiger partial charge >= 0.3 is 0 Å². The Bertz CT molecular complexity index is 1070. The van der Waals surface area contributed by atoms with E-state index in [0.29, 0.717) is 37.2 Å². The van der Waals surface area contributed by atoms with Crippen molar-refractivity contribution >= 4 is 23.6 Å². The number of carbonyl (C=O) groups excluding carboxylic acids is 1. The third kappa shape index (κ3) is 5.49. The number of aromatic nitrogens is 2. The van der Waals surface area contributed by atoms with Crippen LogP contribution in [0, 0.1) is 0 Å². The second kappa shape index (κ2) is 10.3. The minimum absolute atomic E-state index is 0.338. The number of nitrogens with two attached hydrogens (primary N) is 1. The summed E-state index contributed by atoms with van der Waals surface area (Å²) in [5.74, 6) is 1.42. The average Bonchev–Trinajstić information content (AvgIpc) is 2.84. The molecule has 1 fully saturated rings. The minimum atomic E-state index is -0.456. The molecule has 4 rings (SSSR count). The zero-order valence-corrected chi connectivity index (χ0v) is 18.5. The summed E-state index contributed by atoms with van der Waals surface area (Å²) in [4.78, 5) is 24.4. The fourth-order valence-corrected chi connectivity index (χ4v) is 3.99. The number of hydrogen-bond acceptors (Lipinski definition) is 8. The largest absolute Gasteiger partial charge is 0.497 e. The predicted molar refractivity (Wildman–Crippen MR) is 121 cm³/mol. The quantitative estimate of drug-likeness (QED) is 0.556. The summed E-state index contributed by atoms with van der Waals surface area (Å²) >= 11 is 1.46. The lowest BCUT2D eigenvalue weighted by atomic mass is 10.2. The summed E-state index contributed by atoms with van der Waals surface area (Å²) in [6, 6.07) is 14.8. The van der Waals surface area contributed by atoms with Gasteiger partial charge in [-0.1, -0.05) is 23.9 Å². The molecular formula is C23H24N4O4S. The summed E-state index contributed by atoms with van der Waals surface area (Å²) in [5, 5.41) is 0. The van der Waals surface area contributed by atoms with E-state index in [1.54, 1.807) is 25.4 Å². The van der Waals surface area contributed by atoms with Gasteiger partial charge < -0.3 is 24.8 Å². The van der Waals surface area contributed by atoms with E-state index < -0.39 is 5.91 Å². The first-order chi connectivity index (χ1) is 15.6. The van der Waals surface area contributed by atoms with Crippen molar-refractivity contribution in [1.29, 1.82) is 0 Å². The van der Waals surface area contributed by atoms with Crippen LogP contribution in [0.15, 0.2) is 64.5 Å². The van der Waals surface area contributed by atoms with Gasteiger partial charge in [0.05, 0.1) is 31.4 Å². The molecule has 2 N–H and O–H groups in total. The molecule has 9 heteroatoms. The number of primary amides is 1. The van der Waals surface area contributed by atoms with Crippen molar-refractivity contribution < 1.29 is 19.0 Å². The van der Waals surface area contributed by atoms with E-state index in [1.165, 1.54) is 11.8 Å². The molecule has 1 aliphatic heterocycles. The van der Waals surface area contributed by atoms with Crippen LogP contribution in [-0.4, -0.2) is 49.3 Å². The zero-order chi connectivity index (χ0) is 22.3. The molecule has 0 atom stereocenters. The number of hydrogen-bond donors (Lipinski definition) is 1. The fourth-order valence-electron chi connectivity index (χ4n) is 3.16. The molecule has 0 unspecified atom stereocenters. The predicted octanol–water partition coefficient (Wildman–Crippen LogP) is 3.15. The molecule has 1 aromatic heterocycles. The van der Waals surface area contributed by atoms with E-state index in [0.717, 1.165) is 34.2 Å². The van der Waals surface area contributed by atoms with Crippen LogP contribution in [0.5, 0.6) is 11.6 Å². The summed E-state index contributed by atoms with van der Waals surface area (Å²) in [6.45, 7) is 3.09. The second-order valence-electron chi connectivity index (χ2n) is 7.07. The van der Waals surface area contributed by atoms with Crippen LogP contribution in [0.1, 0.15) is 15.9 Å². The molecule has 32 heavy (non-hydrogen) atoms. The van der Waals surface area contributed by atoms with Gasteiger partial charge in [0.15, 0.2) is 0 Å². The Kier molecular flexibility index (Phi) is 7.08. The molecule has 8 nitrogen and oxygen atoms in total. The molecule has 0 aliphatic carbocycles. The normalized spacial score (nSPS) is 13.6. The molecule has 1 saturated heterocycles. The fraction of sp³-hybridized carbons (Fsp3) is 0.261. The van der Waals surface area contributed by atoms with E-state index >= 15 is 0 Å². The van der Waals surface area contributed by atoms with Crippen LogP contribution >= 0.6 is 11.8 Å². The van der Waals surface area contributed by atoms with E-state index in [4.69, 9.17) is 24.9 Å². The Balaban J connectivity index is 1.57. The van der Waals surface area contributed by atoms with Gasteiger partial charge in [0.1, 0.15) is 12.4 Å². The topological polar surface area (TPSA) is 99.8 Å². The summed E-state index contributed by atoms with van der Waals surface area (Å²) < 4.78 is 16.9. The molecule has 3 aromatic rings. The average molecular weight is 453 g/mol. The van der Waals surface area contributed by atoms with Gasteiger partial charge in [-0.2, -0.15) is 4.98 Å². The highest BCUT2D eigenvalue weighted by molar-refractivity contribution is 7.99. The van der Waals surface area contributed by atoms with Crippen molar-refractivity contribution in [2.45, 2.75) is 16.4 Å². The van der Waals surface area contributed by atoms with Crippen LogP contribution < -0.4 is 20.1 Å². The van der Waals surface area contributed by atoms with Crippen molar-refractivity contribution in [2.24, 2.45) is 5.73 Å². The standard InChI is InChI=1S/C23H24N4O4S/c1-29-18-4-2-3-16(13-18)15-31-22-20(32-19-7-5-17(6-8-19)21(24)28)14-25-23(26-22)27-9-11-30-12-10-27/h2-8,13-14H,9-12,15H2,1H3,(H2,24,28). The molecule has 0 saturated carbocycles. The highest BCUT2D eigenvalue weighted by atomic mass is 32.2. The molecule has 2 heterocycles. The van der Waals surface area contributed by atoms with Gasteiger partial charge in [0.2, 0.25) is 17.7 Å². The van der Waals surface area contributed by atoms with Gasteiger partial charge in [-0.15, -0.1) is 0 Å². The van der Waals surface area contributed by atoms with Crippen molar-refractivity contribution in [1.82, 2.24) is 9.97 Å². The van der Waals surface area contributed by atoms with Crippen LogP contribution in [-0.2, 0) is 11.3 Å². The van der Waals surface area contributed by atoms with Gasteiger partial charge in [0.25, 0.3) is 0 Å². The third-order valence-electron chi connectivity index (χ3n) is 4.88. The maximum absolute atomic E-state index is 11.3. The Morgan fingerprint density at radius 1 is 1.19 bits per heavy atom. The number of benzene rings is 2. The highest BCUT2D eigenvalue weighted by Crippen LogP contribution is 2.35. The van der Waals surface area contributed by atoms with Crippen LogP contribution in [0.2, 0.25) is 0 Å². The second-order valence-corrected chi connectivity index (χ2v) is 8.19. The zero-order valence-electron chi connectivity index (χ0n) is 17.7. The van der Waals surface area contributed by atoms with Crippen LogP contribution in [0.25, 0.3) is 0 Å². The van der Waals surface area contributed by atoms with E-state index in [9.17, 15) is 4.79 Å². The highest BCUT2D eigenvalue weighted by Gasteiger charge is 2.18. The number of amides is 1. The number of methoxy groups -OCH3 is 1. The first-order valence-corrected chi connectivity index (χ1v) is 11.0. The lowest BCUT2D eigenvalue weighted by Gasteiger charge is -2.27. The van der Waals surface area contributed by atoms with Gasteiger partial charge in [-0.3, -0.25) is 4.79 Å². The molecule has 0 spiro atoms. The lowest BCUT2D eigenvalue weighted by molar-refractivity contribution is 0.1000. The summed E-state index contributed by atoms with van der Waals surface area (Å²) in [7, 11) is 1.64. The van der Waals surface area contributed by atoms with Crippen molar-refractivity contribution in [3.63, 3.8) is 0 Å². The van der Waals surface area contributed by atoms with Crippen molar-refractivity contribution in [2.75, 3.05) is 38.3 Å². The van der Waals surface area contributed by atoms with Crippen molar-refractivity contribution in [3.8, 4) is 11.6 Å². The Morgan fingerprint density at radius 2 is 1.97 bits per heavy atom. The monoisotopic (exact) mass is 452 g/mol. The molecule has 2 aromatic carbocycles. The molecule has 0 bridgehead atoms. The van der Waals surface area contributed by atoms with Gasteiger partial charge in [-0.05, 0) is 42.0 Å². The number of morpholine rings is 1. The maximum atomic E-state index is 11.3. The van der Waals surface area contributed by atoms with Crippen molar-refractivity contribution in [3.05, 3.63) is 65.9 Å². The first kappa shape index (κ1) is 21.9. The SMILES string of the molecule is COc1cccc(COc2nc(N3CCOCC3)ncc2Sc2ccc(C(N)=O)cc2)c1. The van der Waals surface area contributed by atoms with E-state index in [1.807, 2.05) is 36.4 Å². The maximum Gasteiger partial charge on any atom is 0.248 e. The number of rotatable bonds is 8. The van der Waals surface area contributed by atoms with Crippen LogP contribution in [0.4, 0.5) is 5.95 Å². The Hall–Kier alpha value is -3.30. The molecule has 1 aliphatic rings. The lowest BCUT2D eigenvalue weighted by Crippen LogP contribution is -2.37. The van der Waals surface area contributed by atoms with E-state index in [-0.39, 0.29) is 0 Å². The Morgan fingerprint density at radius 3 is 2.69 bits per heavy atom. The number of ether oxygens (including phenoxy) is 3. The Labute approximate surface area is 190 Å². The summed E-state index contributed by atoms with van der Waals surface area (Å²) in [5.41, 5.74) is 6.77.